The predicted molar refractivity (Wildman–Crippen MR) is 126 cm³/mol. The molecular weight excluding hydrogens is 422 g/mol. The van der Waals surface area contributed by atoms with E-state index in [0.717, 1.165) is 16.8 Å². The molecule has 0 atom stereocenters. The van der Waals surface area contributed by atoms with E-state index >= 15 is 0 Å². The van der Waals surface area contributed by atoms with Crippen LogP contribution in [-0.4, -0.2) is 21.8 Å². The van der Waals surface area contributed by atoms with Crippen molar-refractivity contribution in [1.29, 1.82) is 0 Å². The summed E-state index contributed by atoms with van der Waals surface area (Å²) >= 11 is 1.38. The van der Waals surface area contributed by atoms with Gasteiger partial charge in [-0.2, -0.15) is 0 Å². The number of amides is 2. The summed E-state index contributed by atoms with van der Waals surface area (Å²) in [4.78, 5) is 36.9. The first-order valence-corrected chi connectivity index (χ1v) is 10.9. The van der Waals surface area contributed by atoms with Gasteiger partial charge >= 0.3 is 0 Å². The van der Waals surface area contributed by atoms with Crippen molar-refractivity contribution in [2.75, 3.05) is 15.5 Å². The minimum atomic E-state index is -0.209. The van der Waals surface area contributed by atoms with E-state index in [4.69, 9.17) is 0 Å². The summed E-state index contributed by atoms with van der Waals surface area (Å²) in [6.45, 7) is 2.29. The van der Waals surface area contributed by atoms with Gasteiger partial charge in [-0.1, -0.05) is 18.2 Å². The zero-order valence-corrected chi connectivity index (χ0v) is 18.0. The van der Waals surface area contributed by atoms with Gasteiger partial charge in [0.05, 0.1) is 22.7 Å². The number of anilines is 4. The number of pyridine rings is 2. The van der Waals surface area contributed by atoms with Crippen molar-refractivity contribution in [3.63, 3.8) is 0 Å². The molecule has 8 heteroatoms. The van der Waals surface area contributed by atoms with Gasteiger partial charge in [0.1, 0.15) is 5.82 Å². The first-order chi connectivity index (χ1) is 15.6. The minimum Gasteiger partial charge on any atom is -0.338 e. The highest BCUT2D eigenvalue weighted by Gasteiger charge is 2.25. The van der Waals surface area contributed by atoms with E-state index in [1.54, 1.807) is 29.3 Å². The summed E-state index contributed by atoms with van der Waals surface area (Å²) in [5.74, 6) is 0.606. The van der Waals surface area contributed by atoms with Gasteiger partial charge in [-0.3, -0.25) is 9.59 Å². The molecule has 2 N–H and O–H groups in total. The molecule has 1 aliphatic heterocycles. The SMILES string of the molecule is Cc1ccsc1C(=O)Nc1ccc(C(=O)N2Cc3ccccc3Nc3ncccc32)cn1. The lowest BCUT2D eigenvalue weighted by molar-refractivity contribution is 0.0984. The zero-order chi connectivity index (χ0) is 22.1. The van der Waals surface area contributed by atoms with Crippen LogP contribution in [0.25, 0.3) is 0 Å². The number of hydrogen-bond acceptors (Lipinski definition) is 6. The van der Waals surface area contributed by atoms with Gasteiger partial charge in [-0.05, 0) is 59.8 Å². The lowest BCUT2D eigenvalue weighted by Gasteiger charge is -2.22. The average Bonchev–Trinajstić information content (AvgIpc) is 3.17. The molecule has 4 aromatic rings. The molecule has 0 fully saturated rings. The van der Waals surface area contributed by atoms with Gasteiger partial charge in [-0.15, -0.1) is 11.3 Å². The molecule has 158 valence electrons. The van der Waals surface area contributed by atoms with Crippen LogP contribution >= 0.6 is 11.3 Å². The molecule has 0 bridgehead atoms. The Kier molecular flexibility index (Phi) is 5.12. The maximum atomic E-state index is 13.4. The molecule has 0 saturated heterocycles. The third-order valence-corrected chi connectivity index (χ3v) is 6.26. The van der Waals surface area contributed by atoms with Crippen LogP contribution in [0.3, 0.4) is 0 Å². The fraction of sp³-hybridized carbons (Fsp3) is 0.0833. The summed E-state index contributed by atoms with van der Waals surface area (Å²) in [6.07, 6.45) is 3.18. The number of benzene rings is 1. The number of para-hydroxylation sites is 1. The number of aromatic nitrogens is 2. The van der Waals surface area contributed by atoms with E-state index in [0.29, 0.717) is 34.3 Å². The van der Waals surface area contributed by atoms with E-state index in [2.05, 4.69) is 20.6 Å². The van der Waals surface area contributed by atoms with Crippen molar-refractivity contribution >= 4 is 46.2 Å². The Morgan fingerprint density at radius 3 is 2.72 bits per heavy atom. The molecule has 5 rings (SSSR count). The standard InChI is InChI=1S/C24H19N5O2S/c1-15-10-12-32-21(15)23(30)28-20-9-8-16(13-26-20)24(31)29-14-17-5-2-3-6-18(17)27-22-19(29)7-4-11-25-22/h2-13H,14H2,1H3,(H,25,27)(H,26,28,30). The fourth-order valence-corrected chi connectivity index (χ4v) is 4.40. The third kappa shape index (κ3) is 3.72. The second-order valence-electron chi connectivity index (χ2n) is 7.36. The summed E-state index contributed by atoms with van der Waals surface area (Å²) in [7, 11) is 0. The quantitative estimate of drug-likeness (QED) is 0.467. The smallest absolute Gasteiger partial charge is 0.267 e. The Labute approximate surface area is 188 Å². The number of fused-ring (bicyclic) bond motifs is 2. The topological polar surface area (TPSA) is 87.2 Å². The fourth-order valence-electron chi connectivity index (χ4n) is 3.58. The largest absolute Gasteiger partial charge is 0.338 e. The van der Waals surface area contributed by atoms with Gasteiger partial charge in [0.15, 0.2) is 5.82 Å². The van der Waals surface area contributed by atoms with E-state index in [9.17, 15) is 9.59 Å². The molecule has 0 unspecified atom stereocenters. The molecule has 0 aliphatic carbocycles. The van der Waals surface area contributed by atoms with Crippen molar-refractivity contribution in [1.82, 2.24) is 9.97 Å². The number of nitrogens with one attached hydrogen (secondary N) is 2. The Balaban J connectivity index is 1.41. The van der Waals surface area contributed by atoms with E-state index in [-0.39, 0.29) is 11.8 Å². The van der Waals surface area contributed by atoms with Crippen molar-refractivity contribution in [3.05, 3.63) is 93.9 Å². The number of rotatable bonds is 3. The maximum Gasteiger partial charge on any atom is 0.267 e. The van der Waals surface area contributed by atoms with Crippen molar-refractivity contribution in [2.45, 2.75) is 13.5 Å². The zero-order valence-electron chi connectivity index (χ0n) is 17.2. The van der Waals surface area contributed by atoms with Gasteiger partial charge in [0.25, 0.3) is 11.8 Å². The predicted octanol–water partition coefficient (Wildman–Crippen LogP) is 5.00. The molecule has 2 amide bonds. The Morgan fingerprint density at radius 2 is 1.94 bits per heavy atom. The molecule has 4 heterocycles. The molecule has 0 radical (unpaired) electrons. The lowest BCUT2D eigenvalue weighted by atomic mass is 10.1. The number of thiophene rings is 1. The minimum absolute atomic E-state index is 0.197. The average molecular weight is 442 g/mol. The molecule has 7 nitrogen and oxygen atoms in total. The summed E-state index contributed by atoms with van der Waals surface area (Å²) < 4.78 is 0. The van der Waals surface area contributed by atoms with Gasteiger partial charge in [-0.25, -0.2) is 9.97 Å². The van der Waals surface area contributed by atoms with Gasteiger partial charge < -0.3 is 15.5 Å². The molecule has 0 spiro atoms. The van der Waals surface area contributed by atoms with Crippen molar-refractivity contribution in [2.24, 2.45) is 0 Å². The molecule has 0 saturated carbocycles. The number of carbonyl (C=O) groups is 2. The van der Waals surface area contributed by atoms with Crippen LogP contribution in [0.1, 0.15) is 31.2 Å². The molecular formula is C24H19N5O2S. The molecule has 32 heavy (non-hydrogen) atoms. The van der Waals surface area contributed by atoms with E-state index in [1.165, 1.54) is 17.5 Å². The van der Waals surface area contributed by atoms with Crippen LogP contribution in [-0.2, 0) is 6.54 Å². The highest BCUT2D eigenvalue weighted by atomic mass is 32.1. The first-order valence-electron chi connectivity index (χ1n) is 10.0. The summed E-state index contributed by atoms with van der Waals surface area (Å²) in [5, 5.41) is 7.98. The monoisotopic (exact) mass is 441 g/mol. The van der Waals surface area contributed by atoms with Crippen LogP contribution in [0, 0.1) is 6.92 Å². The number of hydrogen-bond donors (Lipinski definition) is 2. The van der Waals surface area contributed by atoms with E-state index < -0.39 is 0 Å². The number of nitrogens with zero attached hydrogens (tertiary/aromatic N) is 3. The van der Waals surface area contributed by atoms with Crippen molar-refractivity contribution < 1.29 is 9.59 Å². The Morgan fingerprint density at radius 1 is 1.06 bits per heavy atom. The molecule has 1 aromatic carbocycles. The third-order valence-electron chi connectivity index (χ3n) is 5.24. The van der Waals surface area contributed by atoms with Crippen LogP contribution in [0.5, 0.6) is 0 Å². The van der Waals surface area contributed by atoms with Crippen LogP contribution in [0.4, 0.5) is 23.0 Å². The van der Waals surface area contributed by atoms with Gasteiger partial charge in [0, 0.05) is 18.1 Å². The normalized spacial score (nSPS) is 12.2. The highest BCUT2D eigenvalue weighted by molar-refractivity contribution is 7.12. The second kappa shape index (κ2) is 8.24. The molecule has 1 aliphatic rings. The van der Waals surface area contributed by atoms with Gasteiger partial charge in [0.2, 0.25) is 0 Å². The van der Waals surface area contributed by atoms with Crippen LogP contribution in [0.2, 0.25) is 0 Å². The van der Waals surface area contributed by atoms with E-state index in [1.807, 2.05) is 48.7 Å². The number of carbonyl (C=O) groups excluding carboxylic acids is 2. The molecule has 3 aromatic heterocycles. The lowest BCUT2D eigenvalue weighted by Crippen LogP contribution is -2.30. The maximum absolute atomic E-state index is 13.4. The first kappa shape index (κ1) is 19.9. The van der Waals surface area contributed by atoms with Crippen molar-refractivity contribution in [3.8, 4) is 0 Å². The second-order valence-corrected chi connectivity index (χ2v) is 8.28. The van der Waals surface area contributed by atoms with Crippen LogP contribution in [0.15, 0.2) is 72.4 Å². The Bertz CT molecular complexity index is 1320. The summed E-state index contributed by atoms with van der Waals surface area (Å²) in [5.41, 5.74) is 3.94. The Hall–Kier alpha value is -4.04. The highest BCUT2D eigenvalue weighted by Crippen LogP contribution is 2.34. The summed E-state index contributed by atoms with van der Waals surface area (Å²) in [6, 6.07) is 16.7. The van der Waals surface area contributed by atoms with Crippen LogP contribution < -0.4 is 15.5 Å². The number of aryl methyl sites for hydroxylation is 1.